The topological polar surface area (TPSA) is 101 Å². The fraction of sp³-hybridized carbons (Fsp3) is 0.167. The highest BCUT2D eigenvalue weighted by Gasteiger charge is 2.08. The predicted octanol–water partition coefficient (Wildman–Crippen LogP) is 4.59. The molecule has 0 saturated heterocycles. The molecule has 2 N–H and O–H groups in total. The first-order chi connectivity index (χ1) is 15.2. The predicted molar refractivity (Wildman–Crippen MR) is 116 cm³/mol. The van der Waals surface area contributed by atoms with E-state index in [9.17, 15) is 9.90 Å². The van der Waals surface area contributed by atoms with Crippen molar-refractivity contribution in [1.82, 2.24) is 9.97 Å². The fourth-order valence-corrected chi connectivity index (χ4v) is 3.08. The monoisotopic (exact) mass is 418 g/mol. The number of hydrogen-bond acceptors (Lipinski definition) is 6. The van der Waals surface area contributed by atoms with Gasteiger partial charge in [-0.05, 0) is 42.2 Å². The highest BCUT2D eigenvalue weighted by atomic mass is 16.5. The van der Waals surface area contributed by atoms with E-state index in [4.69, 9.17) is 13.6 Å². The van der Waals surface area contributed by atoms with Crippen molar-refractivity contribution in [2.75, 3.05) is 0 Å². The summed E-state index contributed by atoms with van der Waals surface area (Å²) in [6.45, 7) is 0.313. The van der Waals surface area contributed by atoms with Gasteiger partial charge in [0, 0.05) is 12.5 Å². The number of benzene rings is 2. The lowest BCUT2D eigenvalue weighted by molar-refractivity contribution is 0.301. The molecule has 0 spiro atoms. The second-order valence-corrected chi connectivity index (χ2v) is 6.99. The molecule has 2 heterocycles. The summed E-state index contributed by atoms with van der Waals surface area (Å²) < 4.78 is 16.1. The van der Waals surface area contributed by atoms with Gasteiger partial charge in [-0.15, -0.1) is 0 Å². The molecule has 4 aromatic rings. The third kappa shape index (κ3) is 5.76. The van der Waals surface area contributed by atoms with Gasteiger partial charge in [0.15, 0.2) is 5.76 Å². The van der Waals surface area contributed by atoms with E-state index in [1.807, 2.05) is 66.7 Å². The number of aryl methyl sites for hydroxylation is 2. The molecule has 0 unspecified atom stereocenters. The minimum atomic E-state index is -0.638. The van der Waals surface area contributed by atoms with E-state index in [0.29, 0.717) is 24.6 Å². The van der Waals surface area contributed by atoms with E-state index >= 15 is 0 Å². The maximum absolute atomic E-state index is 11.0. The van der Waals surface area contributed by atoms with Gasteiger partial charge in [-0.3, -0.25) is 4.98 Å². The van der Waals surface area contributed by atoms with Gasteiger partial charge in [0.25, 0.3) is 0 Å². The lowest BCUT2D eigenvalue weighted by atomic mass is 10.1. The number of nitrogens with zero attached hydrogens (tertiary/aromatic N) is 1. The Balaban J connectivity index is 1.24. The van der Waals surface area contributed by atoms with E-state index in [1.165, 1.54) is 0 Å². The molecule has 0 radical (unpaired) electrons. The van der Waals surface area contributed by atoms with E-state index in [1.54, 1.807) is 6.26 Å². The molecule has 0 amide bonds. The second-order valence-electron chi connectivity index (χ2n) is 6.99. The molecular formula is C24H22N2O5. The van der Waals surface area contributed by atoms with Gasteiger partial charge in [-0.25, -0.2) is 9.78 Å². The van der Waals surface area contributed by atoms with Crippen molar-refractivity contribution in [2.24, 2.45) is 0 Å². The number of aromatic nitrogens is 2. The average Bonchev–Trinajstić information content (AvgIpc) is 3.38. The Kier molecular flexibility index (Phi) is 6.32. The lowest BCUT2D eigenvalue weighted by Gasteiger charge is -2.05. The summed E-state index contributed by atoms with van der Waals surface area (Å²) in [6, 6.07) is 17.7. The van der Waals surface area contributed by atoms with Crippen molar-refractivity contribution in [1.29, 1.82) is 0 Å². The normalized spacial score (nSPS) is 11.2. The van der Waals surface area contributed by atoms with E-state index in [2.05, 4.69) is 9.97 Å². The van der Waals surface area contributed by atoms with E-state index in [-0.39, 0.29) is 11.6 Å². The van der Waals surface area contributed by atoms with Crippen LogP contribution < -0.4 is 10.5 Å². The first kappa shape index (κ1) is 20.3. The largest absolute Gasteiger partial charge is 0.492 e. The van der Waals surface area contributed by atoms with Crippen LogP contribution in [0.15, 0.2) is 74.5 Å². The maximum Gasteiger partial charge on any atom is 0.419 e. The molecule has 31 heavy (non-hydrogen) atoms. The second kappa shape index (κ2) is 9.67. The Morgan fingerprint density at radius 3 is 2.58 bits per heavy atom. The van der Waals surface area contributed by atoms with Crippen LogP contribution in [0.25, 0.3) is 12.2 Å². The Morgan fingerprint density at radius 1 is 1.03 bits per heavy atom. The number of hydrogen-bond donors (Lipinski definition) is 2. The van der Waals surface area contributed by atoms with Crippen molar-refractivity contribution in [3.05, 3.63) is 99.9 Å². The standard InChI is InChI=1S/C24H22N2O5/c27-23-21(31-24(28)26-23)8-4-7-18-9-12-20(13-10-18)29-15-19-16-30-22(25-19)14-11-17-5-2-1-3-6-17/h1-3,5-6,9-14,16,27H,4,7-8,15H2,(H,26,28). The molecule has 0 aliphatic carbocycles. The summed E-state index contributed by atoms with van der Waals surface area (Å²) in [5.41, 5.74) is 2.91. The SMILES string of the molecule is O=c1[nH]c(O)c(CCCc2ccc(OCc3coc(C=Cc4ccccc4)n3)cc2)o1. The summed E-state index contributed by atoms with van der Waals surface area (Å²) in [5, 5.41) is 9.52. The third-order valence-corrected chi connectivity index (χ3v) is 4.67. The van der Waals surface area contributed by atoms with Gasteiger partial charge in [0.05, 0.1) is 0 Å². The average molecular weight is 418 g/mol. The number of aromatic amines is 1. The van der Waals surface area contributed by atoms with Gasteiger partial charge in [0.2, 0.25) is 11.8 Å². The molecule has 7 heteroatoms. The number of rotatable bonds is 9. The molecule has 158 valence electrons. The van der Waals surface area contributed by atoms with Gasteiger partial charge >= 0.3 is 5.76 Å². The van der Waals surface area contributed by atoms with Crippen LogP contribution in [0.2, 0.25) is 0 Å². The Labute approximate surface area is 178 Å². The zero-order chi connectivity index (χ0) is 21.5. The molecule has 7 nitrogen and oxygen atoms in total. The molecule has 2 aromatic carbocycles. The van der Waals surface area contributed by atoms with Crippen molar-refractivity contribution >= 4 is 12.2 Å². The summed E-state index contributed by atoms with van der Waals surface area (Å²) in [5.74, 6) is 0.723. The van der Waals surface area contributed by atoms with Gasteiger partial charge in [-0.1, -0.05) is 42.5 Å². The molecule has 0 aliphatic rings. The number of aromatic hydroxyl groups is 1. The smallest absolute Gasteiger partial charge is 0.419 e. The molecule has 0 saturated carbocycles. The summed E-state index contributed by atoms with van der Waals surface area (Å²) in [7, 11) is 0. The first-order valence-electron chi connectivity index (χ1n) is 9.96. The Hall–Kier alpha value is -4.00. The summed E-state index contributed by atoms with van der Waals surface area (Å²) in [4.78, 5) is 17.6. The van der Waals surface area contributed by atoms with Crippen LogP contribution in [0.5, 0.6) is 11.6 Å². The van der Waals surface area contributed by atoms with Crippen LogP contribution in [0.3, 0.4) is 0 Å². The Bertz CT molecular complexity index is 1190. The van der Waals surface area contributed by atoms with E-state index in [0.717, 1.165) is 29.7 Å². The fourth-order valence-electron chi connectivity index (χ4n) is 3.08. The minimum Gasteiger partial charge on any atom is -0.492 e. The van der Waals surface area contributed by atoms with Gasteiger partial charge in [0.1, 0.15) is 24.3 Å². The van der Waals surface area contributed by atoms with Crippen LogP contribution in [-0.4, -0.2) is 15.1 Å². The molecular weight excluding hydrogens is 396 g/mol. The third-order valence-electron chi connectivity index (χ3n) is 4.67. The highest BCUT2D eigenvalue weighted by molar-refractivity contribution is 5.65. The molecule has 0 aliphatic heterocycles. The number of oxazole rings is 2. The Morgan fingerprint density at radius 2 is 1.84 bits per heavy atom. The van der Waals surface area contributed by atoms with Crippen LogP contribution in [0.4, 0.5) is 0 Å². The molecule has 0 atom stereocenters. The van der Waals surface area contributed by atoms with Crippen LogP contribution in [-0.2, 0) is 19.4 Å². The summed E-state index contributed by atoms with van der Waals surface area (Å²) >= 11 is 0. The van der Waals surface area contributed by atoms with Crippen molar-refractivity contribution in [3.63, 3.8) is 0 Å². The van der Waals surface area contributed by atoms with Crippen molar-refractivity contribution in [2.45, 2.75) is 25.9 Å². The number of ether oxygens (including phenoxy) is 1. The first-order valence-corrected chi connectivity index (χ1v) is 9.96. The van der Waals surface area contributed by atoms with Gasteiger partial charge in [-0.2, -0.15) is 0 Å². The van der Waals surface area contributed by atoms with Crippen LogP contribution >= 0.6 is 0 Å². The summed E-state index contributed by atoms with van der Waals surface area (Å²) in [6.07, 6.45) is 7.37. The number of H-pyrrole nitrogens is 1. The molecule has 0 bridgehead atoms. The molecule has 4 rings (SSSR count). The maximum atomic E-state index is 11.0. The van der Waals surface area contributed by atoms with Crippen LogP contribution in [0, 0.1) is 0 Å². The van der Waals surface area contributed by atoms with E-state index < -0.39 is 5.76 Å². The lowest BCUT2D eigenvalue weighted by Crippen LogP contribution is -1.96. The number of nitrogens with one attached hydrogen (secondary N) is 1. The molecule has 0 fully saturated rings. The zero-order valence-corrected chi connectivity index (χ0v) is 16.8. The molecule has 2 aromatic heterocycles. The van der Waals surface area contributed by atoms with Gasteiger partial charge < -0.3 is 18.7 Å². The van der Waals surface area contributed by atoms with Crippen LogP contribution in [0.1, 0.15) is 34.9 Å². The van der Waals surface area contributed by atoms with Crippen molar-refractivity contribution in [3.8, 4) is 11.6 Å². The highest BCUT2D eigenvalue weighted by Crippen LogP contribution is 2.18. The van der Waals surface area contributed by atoms with Crippen molar-refractivity contribution < 1.29 is 18.7 Å². The zero-order valence-electron chi connectivity index (χ0n) is 16.8. The quantitative estimate of drug-likeness (QED) is 0.412. The minimum absolute atomic E-state index is 0.194.